The van der Waals surface area contributed by atoms with Crippen molar-refractivity contribution in [3.05, 3.63) is 46.1 Å². The van der Waals surface area contributed by atoms with E-state index in [4.69, 9.17) is 33.3 Å². The van der Waals surface area contributed by atoms with Gasteiger partial charge in [0.05, 0.1) is 18.2 Å². The molecule has 1 fully saturated rings. The van der Waals surface area contributed by atoms with E-state index in [1.165, 1.54) is 0 Å². The number of hydrogen-bond donors (Lipinski definition) is 1. The lowest BCUT2D eigenvalue weighted by molar-refractivity contribution is -0.140. The second-order valence-electron chi connectivity index (χ2n) is 6.13. The Morgan fingerprint density at radius 1 is 1.36 bits per heavy atom. The fraction of sp³-hybridized carbons (Fsp3) is 0.444. The molecule has 3 rings (SSSR count). The van der Waals surface area contributed by atoms with E-state index in [-0.39, 0.29) is 12.6 Å². The van der Waals surface area contributed by atoms with E-state index in [2.05, 4.69) is 5.32 Å². The van der Waals surface area contributed by atoms with Gasteiger partial charge in [-0.05, 0) is 43.6 Å². The van der Waals surface area contributed by atoms with Crippen LogP contribution in [0.1, 0.15) is 31.4 Å². The number of nitrogens with zero attached hydrogens (tertiary/aromatic N) is 1. The van der Waals surface area contributed by atoms with Crippen molar-refractivity contribution in [3.8, 4) is 0 Å². The van der Waals surface area contributed by atoms with Crippen molar-refractivity contribution in [2.45, 2.75) is 31.8 Å². The molecule has 0 aromatic heterocycles. The van der Waals surface area contributed by atoms with Crippen molar-refractivity contribution in [1.29, 1.82) is 0 Å². The highest BCUT2D eigenvalue weighted by Gasteiger charge is 2.41. The van der Waals surface area contributed by atoms with Crippen LogP contribution in [0, 0.1) is 0 Å². The molecular weight excluding hydrogens is 360 g/mol. The standard InChI is InChI=1S/C18H21ClN2O3S/c1-11-15(17(22)24-10-9-23-2)16(13-5-3-4-6-14(13)19)20-18(25)21(11)12-7-8-12/h3-6,12,16H,7-10H2,1-2H3,(H,20,25). The molecule has 0 radical (unpaired) electrons. The minimum atomic E-state index is -0.425. The maximum Gasteiger partial charge on any atom is 0.338 e. The minimum absolute atomic E-state index is 0.204. The van der Waals surface area contributed by atoms with Gasteiger partial charge in [0.1, 0.15) is 6.61 Å². The molecule has 1 aliphatic heterocycles. The number of esters is 1. The molecule has 25 heavy (non-hydrogen) atoms. The van der Waals surface area contributed by atoms with E-state index in [0.717, 1.165) is 24.1 Å². The van der Waals surface area contributed by atoms with Gasteiger partial charge in [-0.15, -0.1) is 0 Å². The molecule has 1 unspecified atom stereocenters. The summed E-state index contributed by atoms with van der Waals surface area (Å²) in [5.41, 5.74) is 2.18. The number of hydrogen-bond acceptors (Lipinski definition) is 4. The fourth-order valence-electron chi connectivity index (χ4n) is 3.03. The summed E-state index contributed by atoms with van der Waals surface area (Å²) in [4.78, 5) is 14.8. The number of thiocarbonyl (C=S) groups is 1. The first kappa shape index (κ1) is 18.2. The molecule has 1 aromatic carbocycles. The van der Waals surface area contributed by atoms with Gasteiger partial charge in [0, 0.05) is 23.9 Å². The summed E-state index contributed by atoms with van der Waals surface area (Å²) in [6, 6.07) is 7.38. The highest BCUT2D eigenvalue weighted by Crippen LogP contribution is 2.39. The van der Waals surface area contributed by atoms with Crippen LogP contribution in [-0.2, 0) is 14.3 Å². The minimum Gasteiger partial charge on any atom is -0.460 e. The molecule has 0 bridgehead atoms. The zero-order valence-corrected chi connectivity index (χ0v) is 15.8. The van der Waals surface area contributed by atoms with Crippen molar-refractivity contribution in [2.75, 3.05) is 20.3 Å². The summed E-state index contributed by atoms with van der Waals surface area (Å²) in [6.45, 7) is 2.48. The Morgan fingerprint density at radius 3 is 2.72 bits per heavy atom. The number of carbonyl (C=O) groups excluding carboxylic acids is 1. The summed E-state index contributed by atoms with van der Waals surface area (Å²) in [7, 11) is 1.57. The van der Waals surface area contributed by atoms with Crippen LogP contribution in [0.5, 0.6) is 0 Å². The predicted molar refractivity (Wildman–Crippen MR) is 100 cm³/mol. The smallest absolute Gasteiger partial charge is 0.338 e. The Labute approximate surface area is 157 Å². The third kappa shape index (κ3) is 3.81. The summed E-state index contributed by atoms with van der Waals surface area (Å²) < 4.78 is 10.4. The number of ether oxygens (including phenoxy) is 2. The van der Waals surface area contributed by atoms with Gasteiger partial charge in [0.2, 0.25) is 0 Å². The SMILES string of the molecule is COCCOC(=O)C1=C(C)N(C2CC2)C(=S)NC1c1ccccc1Cl. The molecule has 0 spiro atoms. The number of rotatable bonds is 6. The van der Waals surface area contributed by atoms with Crippen LogP contribution >= 0.6 is 23.8 Å². The zero-order valence-electron chi connectivity index (χ0n) is 14.3. The van der Waals surface area contributed by atoms with Crippen LogP contribution in [0.2, 0.25) is 5.02 Å². The first-order chi connectivity index (χ1) is 12.0. The molecule has 0 amide bonds. The number of methoxy groups -OCH3 is 1. The van der Waals surface area contributed by atoms with Gasteiger partial charge in [0.25, 0.3) is 0 Å². The van der Waals surface area contributed by atoms with Gasteiger partial charge < -0.3 is 19.7 Å². The van der Waals surface area contributed by atoms with E-state index < -0.39 is 6.04 Å². The lowest BCUT2D eigenvalue weighted by atomic mass is 9.95. The Hall–Kier alpha value is -1.63. The average molecular weight is 381 g/mol. The zero-order chi connectivity index (χ0) is 18.0. The molecule has 1 saturated carbocycles. The van der Waals surface area contributed by atoms with Crippen molar-refractivity contribution >= 4 is 34.9 Å². The van der Waals surface area contributed by atoms with Gasteiger partial charge in [0.15, 0.2) is 5.11 Å². The monoisotopic (exact) mass is 380 g/mol. The van der Waals surface area contributed by atoms with Crippen molar-refractivity contribution < 1.29 is 14.3 Å². The molecule has 1 aromatic rings. The van der Waals surface area contributed by atoms with E-state index >= 15 is 0 Å². The molecule has 1 heterocycles. The number of carbonyl (C=O) groups is 1. The quantitative estimate of drug-likeness (QED) is 0.464. The van der Waals surface area contributed by atoms with Crippen LogP contribution in [0.15, 0.2) is 35.5 Å². The van der Waals surface area contributed by atoms with Crippen molar-refractivity contribution in [1.82, 2.24) is 10.2 Å². The number of halogens is 1. The first-order valence-electron chi connectivity index (χ1n) is 8.25. The lowest BCUT2D eigenvalue weighted by Crippen LogP contribution is -2.48. The van der Waals surface area contributed by atoms with Gasteiger partial charge >= 0.3 is 5.97 Å². The molecule has 1 N–H and O–H groups in total. The van der Waals surface area contributed by atoms with Crippen LogP contribution in [0.25, 0.3) is 0 Å². The Bertz CT molecular complexity index is 718. The molecule has 2 aliphatic rings. The number of allylic oxidation sites excluding steroid dienone is 1. The molecular formula is C18H21ClN2O3S. The lowest BCUT2D eigenvalue weighted by Gasteiger charge is -2.38. The third-order valence-electron chi connectivity index (χ3n) is 4.40. The molecule has 5 nitrogen and oxygen atoms in total. The van der Waals surface area contributed by atoms with Gasteiger partial charge in [-0.1, -0.05) is 29.8 Å². The third-order valence-corrected chi connectivity index (χ3v) is 5.05. The normalized spacial score (nSPS) is 20.5. The fourth-order valence-corrected chi connectivity index (χ4v) is 3.68. The Balaban J connectivity index is 1.99. The summed E-state index contributed by atoms with van der Waals surface area (Å²) >= 11 is 11.9. The van der Waals surface area contributed by atoms with E-state index in [9.17, 15) is 4.79 Å². The largest absolute Gasteiger partial charge is 0.460 e. The van der Waals surface area contributed by atoms with Crippen LogP contribution in [0.3, 0.4) is 0 Å². The Kier molecular flexibility index (Phi) is 5.61. The molecule has 7 heteroatoms. The summed E-state index contributed by atoms with van der Waals surface area (Å²) in [5, 5.41) is 4.48. The van der Waals surface area contributed by atoms with E-state index in [1.54, 1.807) is 13.2 Å². The Morgan fingerprint density at radius 2 is 2.08 bits per heavy atom. The van der Waals surface area contributed by atoms with Crippen LogP contribution < -0.4 is 5.32 Å². The predicted octanol–water partition coefficient (Wildman–Crippen LogP) is 3.20. The van der Waals surface area contributed by atoms with E-state index in [0.29, 0.717) is 28.4 Å². The number of nitrogens with one attached hydrogen (secondary N) is 1. The van der Waals surface area contributed by atoms with Crippen LogP contribution in [-0.4, -0.2) is 42.3 Å². The summed E-state index contributed by atoms with van der Waals surface area (Å²) in [6.07, 6.45) is 2.14. The van der Waals surface area contributed by atoms with Crippen molar-refractivity contribution in [3.63, 3.8) is 0 Å². The topological polar surface area (TPSA) is 50.8 Å². The highest BCUT2D eigenvalue weighted by molar-refractivity contribution is 7.80. The van der Waals surface area contributed by atoms with Crippen LogP contribution in [0.4, 0.5) is 0 Å². The molecule has 134 valence electrons. The maximum absolute atomic E-state index is 12.8. The van der Waals surface area contributed by atoms with Gasteiger partial charge in [-0.25, -0.2) is 4.79 Å². The second kappa shape index (κ2) is 7.72. The van der Waals surface area contributed by atoms with Gasteiger partial charge in [-0.2, -0.15) is 0 Å². The summed E-state index contributed by atoms with van der Waals surface area (Å²) in [5.74, 6) is -0.375. The van der Waals surface area contributed by atoms with E-state index in [1.807, 2.05) is 30.0 Å². The van der Waals surface area contributed by atoms with Crippen molar-refractivity contribution in [2.24, 2.45) is 0 Å². The highest BCUT2D eigenvalue weighted by atomic mass is 35.5. The molecule has 0 saturated heterocycles. The molecule has 1 atom stereocenters. The maximum atomic E-state index is 12.8. The second-order valence-corrected chi connectivity index (χ2v) is 6.93. The number of benzene rings is 1. The first-order valence-corrected chi connectivity index (χ1v) is 9.04. The molecule has 1 aliphatic carbocycles. The van der Waals surface area contributed by atoms with Gasteiger partial charge in [-0.3, -0.25) is 0 Å². The average Bonchev–Trinajstić information content (AvgIpc) is 3.39.